The fourth-order valence-electron chi connectivity index (χ4n) is 6.26. The Bertz CT molecular complexity index is 1510. The number of hydrogen-bond donors (Lipinski definition) is 14. The lowest BCUT2D eigenvalue weighted by Gasteiger charge is -2.32. The van der Waals surface area contributed by atoms with E-state index in [0.29, 0.717) is 124 Å². The second-order valence-electron chi connectivity index (χ2n) is 17.5. The third-order valence-corrected chi connectivity index (χ3v) is 9.97. The van der Waals surface area contributed by atoms with Crippen LogP contribution < -0.4 is 66.5 Å². The standard InChI is InChI=1S/C42H84N14O11/c1-27(2)26-28(32(57)38(62)56-64)34(58)55-33(42(3,4)5)39(63)51-19-11-21-66-23-25-67-24-22-65-20-10-18-50-37(61)31(54-36(60)30(44)13-9-17-53-41(47)48)14-6-7-15-49-35(59)29(43)12-8-16-52-40(45)46/h27-33,57,64H,6-26,43-44H2,1-5H3,(H,49,59)(H,50,61)(H,51,63)(H,54,60)(H,55,58)(H,56,62)(H4,45,46,52)(H4,47,48,53)/t28-,29+,30-,31+,32+,33+/m1/s1. The highest BCUT2D eigenvalue weighted by molar-refractivity contribution is 5.92. The van der Waals surface area contributed by atoms with E-state index in [0.717, 1.165) is 0 Å². The van der Waals surface area contributed by atoms with Crippen molar-refractivity contribution in [2.24, 2.45) is 61.6 Å². The number of rotatable bonds is 38. The van der Waals surface area contributed by atoms with E-state index in [4.69, 9.17) is 53.8 Å². The van der Waals surface area contributed by atoms with E-state index in [1.807, 2.05) is 13.8 Å². The van der Waals surface area contributed by atoms with Crippen LogP contribution in [0, 0.1) is 17.3 Å². The van der Waals surface area contributed by atoms with Crippen LogP contribution in [-0.2, 0) is 43.0 Å². The molecule has 67 heavy (non-hydrogen) atoms. The molecule has 0 radical (unpaired) electrons. The Balaban J connectivity index is 4.60. The topological polar surface area (TPSA) is 424 Å². The summed E-state index contributed by atoms with van der Waals surface area (Å²) in [6.45, 7) is 12.5. The van der Waals surface area contributed by atoms with Gasteiger partial charge in [0.05, 0.1) is 44.4 Å². The van der Waals surface area contributed by atoms with Crippen molar-refractivity contribution in [1.29, 1.82) is 0 Å². The van der Waals surface area contributed by atoms with Crippen molar-refractivity contribution in [3.05, 3.63) is 0 Å². The number of amides is 6. The van der Waals surface area contributed by atoms with Gasteiger partial charge >= 0.3 is 0 Å². The minimum atomic E-state index is -1.79. The summed E-state index contributed by atoms with van der Waals surface area (Å²) in [5, 5.41) is 33.1. The molecule has 0 aromatic rings. The van der Waals surface area contributed by atoms with E-state index < -0.39 is 65.2 Å². The minimum absolute atomic E-state index is 0.0254. The molecule has 25 nitrogen and oxygen atoms in total. The normalized spacial score (nSPS) is 14.1. The predicted molar refractivity (Wildman–Crippen MR) is 253 cm³/mol. The molecular formula is C42H84N14O11. The van der Waals surface area contributed by atoms with Gasteiger partial charge in [0, 0.05) is 45.9 Å². The number of nitrogens with zero attached hydrogens (tertiary/aromatic N) is 2. The minimum Gasteiger partial charge on any atom is -0.382 e. The Morgan fingerprint density at radius 2 is 1.03 bits per heavy atom. The van der Waals surface area contributed by atoms with Gasteiger partial charge in [0.15, 0.2) is 11.9 Å². The maximum absolute atomic E-state index is 13.2. The largest absolute Gasteiger partial charge is 0.382 e. The summed E-state index contributed by atoms with van der Waals surface area (Å²) in [4.78, 5) is 84.2. The van der Waals surface area contributed by atoms with Crippen LogP contribution in [0.25, 0.3) is 0 Å². The number of nitrogens with one attached hydrogen (secondary N) is 6. The molecule has 0 spiro atoms. The summed E-state index contributed by atoms with van der Waals surface area (Å²) >= 11 is 0. The number of hydrogen-bond acceptors (Lipinski definition) is 15. The van der Waals surface area contributed by atoms with Gasteiger partial charge in [0.25, 0.3) is 5.91 Å². The molecule has 0 saturated carbocycles. The van der Waals surface area contributed by atoms with E-state index >= 15 is 0 Å². The first-order chi connectivity index (χ1) is 31.6. The number of ether oxygens (including phenoxy) is 3. The highest BCUT2D eigenvalue weighted by Gasteiger charge is 2.38. The van der Waals surface area contributed by atoms with E-state index in [1.165, 1.54) is 5.48 Å². The molecule has 0 saturated heterocycles. The molecule has 6 atom stereocenters. The molecule has 0 fully saturated rings. The van der Waals surface area contributed by atoms with Crippen LogP contribution in [0.1, 0.15) is 98.8 Å². The second kappa shape index (κ2) is 36.2. The first kappa shape index (κ1) is 62.1. The van der Waals surface area contributed by atoms with Gasteiger partial charge in [0.2, 0.25) is 29.5 Å². The van der Waals surface area contributed by atoms with Gasteiger partial charge in [-0.05, 0) is 75.5 Å². The van der Waals surface area contributed by atoms with Crippen molar-refractivity contribution < 1.29 is 53.3 Å². The monoisotopic (exact) mass is 961 g/mol. The molecule has 388 valence electrons. The van der Waals surface area contributed by atoms with Crippen LogP contribution >= 0.6 is 0 Å². The Morgan fingerprint density at radius 1 is 0.567 bits per heavy atom. The number of aliphatic hydroxyl groups excluding tert-OH is 1. The molecule has 0 unspecified atom stereocenters. The lowest BCUT2D eigenvalue weighted by Crippen LogP contribution is -2.56. The number of nitrogens with two attached hydrogens (primary N) is 6. The molecule has 0 aliphatic heterocycles. The summed E-state index contributed by atoms with van der Waals surface area (Å²) in [5.74, 6) is -4.70. The molecule has 0 bridgehead atoms. The van der Waals surface area contributed by atoms with Crippen molar-refractivity contribution in [1.82, 2.24) is 32.1 Å². The second-order valence-corrected chi connectivity index (χ2v) is 17.5. The summed E-state index contributed by atoms with van der Waals surface area (Å²) in [5.41, 5.74) is 34.0. The van der Waals surface area contributed by atoms with Crippen molar-refractivity contribution in [3.63, 3.8) is 0 Å². The maximum atomic E-state index is 13.2. The highest BCUT2D eigenvalue weighted by atomic mass is 16.5. The summed E-state index contributed by atoms with van der Waals surface area (Å²) < 4.78 is 16.8. The zero-order valence-corrected chi connectivity index (χ0v) is 40.3. The van der Waals surface area contributed by atoms with Crippen LogP contribution in [0.4, 0.5) is 0 Å². The Morgan fingerprint density at radius 3 is 1.51 bits per heavy atom. The highest BCUT2D eigenvalue weighted by Crippen LogP contribution is 2.22. The molecule has 0 heterocycles. The molecular weight excluding hydrogens is 877 g/mol. The molecule has 25 heteroatoms. The average Bonchev–Trinajstić information content (AvgIpc) is 3.26. The first-order valence-corrected chi connectivity index (χ1v) is 23.0. The van der Waals surface area contributed by atoms with Gasteiger partial charge in [-0.25, -0.2) is 5.48 Å². The summed E-state index contributed by atoms with van der Waals surface area (Å²) in [6, 6.07) is -3.41. The van der Waals surface area contributed by atoms with Crippen molar-refractivity contribution in [2.45, 2.75) is 129 Å². The lowest BCUT2D eigenvalue weighted by atomic mass is 9.84. The van der Waals surface area contributed by atoms with Crippen molar-refractivity contribution in [2.75, 3.05) is 72.4 Å². The Labute approximate surface area is 395 Å². The van der Waals surface area contributed by atoms with Crippen LogP contribution in [0.5, 0.6) is 0 Å². The first-order valence-electron chi connectivity index (χ1n) is 23.0. The quantitative estimate of drug-likeness (QED) is 0.00945. The number of carbonyl (C=O) groups is 6. The van der Waals surface area contributed by atoms with Gasteiger partial charge in [-0.15, -0.1) is 0 Å². The van der Waals surface area contributed by atoms with Crippen LogP contribution in [0.3, 0.4) is 0 Å². The number of hydroxylamine groups is 1. The van der Waals surface area contributed by atoms with Crippen molar-refractivity contribution >= 4 is 47.4 Å². The molecule has 6 amide bonds. The molecule has 0 aromatic carbocycles. The lowest BCUT2D eigenvalue weighted by molar-refractivity contribution is -0.147. The van der Waals surface area contributed by atoms with Gasteiger partial charge < -0.3 is 80.3 Å². The number of unbranched alkanes of at least 4 members (excludes halogenated alkanes) is 1. The zero-order valence-electron chi connectivity index (χ0n) is 40.3. The zero-order chi connectivity index (χ0) is 50.8. The third kappa shape index (κ3) is 30.9. The average molecular weight is 961 g/mol. The SMILES string of the molecule is CC(C)C[C@@H](C(=O)N[C@@H](C(=O)NCCCOCCOCCOCCCNC(=O)[C@H](CCCCNC(=O)[C@@H](N)CCCN=C(N)N)NC(=O)[C@H](N)CCCN=C(N)N)C(C)(C)C)[C@H](O)C(=O)NO. The smallest absolute Gasteiger partial charge is 0.272 e. The van der Waals surface area contributed by atoms with Gasteiger partial charge in [-0.2, -0.15) is 0 Å². The van der Waals surface area contributed by atoms with E-state index in [9.17, 15) is 33.9 Å². The molecule has 0 rings (SSSR count). The Hall–Kier alpha value is -4.92. The van der Waals surface area contributed by atoms with Crippen LogP contribution in [0.2, 0.25) is 0 Å². The third-order valence-electron chi connectivity index (χ3n) is 9.97. The fraction of sp³-hybridized carbons (Fsp3) is 0.810. The summed E-state index contributed by atoms with van der Waals surface area (Å²) in [6.07, 6.45) is 2.43. The number of aliphatic hydroxyl groups is 1. The molecule has 0 aromatic heterocycles. The van der Waals surface area contributed by atoms with Crippen LogP contribution in [-0.4, -0.2) is 160 Å². The molecule has 0 aliphatic rings. The van der Waals surface area contributed by atoms with Gasteiger partial charge in [-0.1, -0.05) is 34.6 Å². The molecule has 20 N–H and O–H groups in total. The van der Waals surface area contributed by atoms with Gasteiger partial charge in [0.1, 0.15) is 18.2 Å². The van der Waals surface area contributed by atoms with Crippen molar-refractivity contribution in [3.8, 4) is 0 Å². The van der Waals surface area contributed by atoms with Crippen LogP contribution in [0.15, 0.2) is 9.98 Å². The Kier molecular flexibility index (Phi) is 33.5. The fourth-order valence-corrected chi connectivity index (χ4v) is 6.26. The number of aliphatic imine (C=N–C) groups is 2. The van der Waals surface area contributed by atoms with E-state index in [-0.39, 0.29) is 42.6 Å². The molecule has 0 aliphatic carbocycles. The maximum Gasteiger partial charge on any atom is 0.272 e. The van der Waals surface area contributed by atoms with E-state index in [1.54, 1.807) is 20.8 Å². The van der Waals surface area contributed by atoms with E-state index in [2.05, 4.69) is 36.6 Å². The number of guanidine groups is 2. The predicted octanol–water partition coefficient (Wildman–Crippen LogP) is -3.36. The van der Waals surface area contributed by atoms with Gasteiger partial charge in [-0.3, -0.25) is 44.0 Å². The summed E-state index contributed by atoms with van der Waals surface area (Å²) in [7, 11) is 0. The number of carbonyl (C=O) groups excluding carboxylic acids is 6.